The summed E-state index contributed by atoms with van der Waals surface area (Å²) < 4.78 is 35.0. The molecule has 0 spiro atoms. The molecule has 0 fully saturated rings. The first kappa shape index (κ1) is 11.0. The highest BCUT2D eigenvalue weighted by atomic mass is 35.7. The molecule has 16 heavy (non-hydrogen) atoms. The van der Waals surface area contributed by atoms with E-state index in [0.717, 1.165) is 6.20 Å². The number of aromatic amines is 1. The normalized spacial score (nSPS) is 11.6. The summed E-state index contributed by atoms with van der Waals surface area (Å²) in [6.07, 6.45) is 2.31. The Hall–Kier alpha value is -1.54. The first-order valence-corrected chi connectivity index (χ1v) is 6.26. The minimum atomic E-state index is -4.00. The van der Waals surface area contributed by atoms with Crippen LogP contribution in [0.5, 0.6) is 0 Å². The predicted molar refractivity (Wildman–Crippen MR) is 52.6 cm³/mol. The number of nitrogens with zero attached hydrogens (tertiary/aromatic N) is 3. The number of halogens is 2. The second kappa shape index (κ2) is 3.80. The quantitative estimate of drug-likeness (QED) is 0.814. The lowest BCUT2D eigenvalue weighted by atomic mass is 10.2. The van der Waals surface area contributed by atoms with Crippen molar-refractivity contribution in [3.05, 3.63) is 24.3 Å². The molecule has 6 nitrogen and oxygen atoms in total. The van der Waals surface area contributed by atoms with Gasteiger partial charge in [-0.05, 0) is 6.07 Å². The highest BCUT2D eigenvalue weighted by molar-refractivity contribution is 8.13. The molecule has 0 radical (unpaired) electrons. The molecule has 84 valence electrons. The summed E-state index contributed by atoms with van der Waals surface area (Å²) in [5.41, 5.74) is 0.0396. The monoisotopic (exact) mass is 262 g/mol. The van der Waals surface area contributed by atoms with Gasteiger partial charge in [-0.25, -0.2) is 17.9 Å². The molecule has 2 heterocycles. The van der Waals surface area contributed by atoms with Crippen molar-refractivity contribution in [2.24, 2.45) is 0 Å². The largest absolute Gasteiger partial charge is 0.296 e. The Bertz CT molecular complexity index is 627. The van der Waals surface area contributed by atoms with Gasteiger partial charge in [-0.15, -0.1) is 0 Å². The summed E-state index contributed by atoms with van der Waals surface area (Å²) in [6, 6.07) is 1.32. The molecule has 2 rings (SSSR count). The number of hydrogen-bond acceptors (Lipinski definition) is 5. The third kappa shape index (κ3) is 2.02. The molecule has 0 aliphatic carbocycles. The van der Waals surface area contributed by atoms with E-state index in [4.69, 9.17) is 10.7 Å². The summed E-state index contributed by atoms with van der Waals surface area (Å²) in [4.78, 5) is 7.10. The van der Waals surface area contributed by atoms with Crippen molar-refractivity contribution >= 4 is 19.7 Å². The molecule has 0 atom stereocenters. The average molecular weight is 263 g/mol. The van der Waals surface area contributed by atoms with Gasteiger partial charge in [0.05, 0.1) is 11.8 Å². The van der Waals surface area contributed by atoms with E-state index in [1.54, 1.807) is 0 Å². The van der Waals surface area contributed by atoms with E-state index < -0.39 is 20.0 Å². The van der Waals surface area contributed by atoms with Crippen LogP contribution >= 0.6 is 10.7 Å². The van der Waals surface area contributed by atoms with Gasteiger partial charge >= 0.3 is 0 Å². The molecule has 0 aliphatic rings. The fourth-order valence-electron chi connectivity index (χ4n) is 1.03. The van der Waals surface area contributed by atoms with Crippen LogP contribution in [-0.2, 0) is 9.05 Å². The zero-order valence-electron chi connectivity index (χ0n) is 7.55. The van der Waals surface area contributed by atoms with Gasteiger partial charge in [0.15, 0.2) is 11.6 Å². The van der Waals surface area contributed by atoms with Gasteiger partial charge < -0.3 is 0 Å². The molecule has 1 N–H and O–H groups in total. The molecule has 0 saturated carbocycles. The van der Waals surface area contributed by atoms with Crippen LogP contribution in [0.1, 0.15) is 0 Å². The summed E-state index contributed by atoms with van der Waals surface area (Å²) in [7, 11) is 1.03. The van der Waals surface area contributed by atoms with Crippen LogP contribution in [0, 0.1) is 5.82 Å². The van der Waals surface area contributed by atoms with Crippen LogP contribution in [0.4, 0.5) is 4.39 Å². The molecule has 9 heteroatoms. The standard InChI is InChI=1S/C7H4ClFN4O2S/c8-16(14,15)7-11-6(12-13-7)4-1-2-10-3-5(4)9/h1-3H,(H,11,12,13). The van der Waals surface area contributed by atoms with Crippen molar-refractivity contribution in [3.8, 4) is 11.4 Å². The van der Waals surface area contributed by atoms with E-state index in [1.807, 2.05) is 0 Å². The number of nitrogens with one attached hydrogen (secondary N) is 1. The Kier molecular flexibility index (Phi) is 2.60. The summed E-state index contributed by atoms with van der Waals surface area (Å²) in [5.74, 6) is -0.751. The highest BCUT2D eigenvalue weighted by Gasteiger charge is 2.18. The van der Waals surface area contributed by atoms with Gasteiger partial charge in [0.25, 0.3) is 14.2 Å². The zero-order chi connectivity index (χ0) is 11.8. The van der Waals surface area contributed by atoms with Crippen LogP contribution in [0.15, 0.2) is 23.6 Å². The van der Waals surface area contributed by atoms with Crippen LogP contribution < -0.4 is 0 Å². The Labute approximate surface area is 93.9 Å². The summed E-state index contributed by atoms with van der Waals surface area (Å²) >= 11 is 0. The molecule has 0 aromatic carbocycles. The minimum Gasteiger partial charge on any atom is -0.262 e. The van der Waals surface area contributed by atoms with Crippen LogP contribution in [0.25, 0.3) is 11.4 Å². The smallest absolute Gasteiger partial charge is 0.262 e. The maximum atomic E-state index is 13.2. The zero-order valence-corrected chi connectivity index (χ0v) is 9.13. The van der Waals surface area contributed by atoms with E-state index >= 15 is 0 Å². The maximum Gasteiger partial charge on any atom is 0.296 e. The third-order valence-corrected chi connectivity index (χ3v) is 2.79. The van der Waals surface area contributed by atoms with Crippen LogP contribution in [0.2, 0.25) is 0 Å². The van der Waals surface area contributed by atoms with E-state index in [2.05, 4.69) is 20.2 Å². The van der Waals surface area contributed by atoms with Crippen molar-refractivity contribution in [2.75, 3.05) is 0 Å². The molecule has 0 aliphatic heterocycles. The van der Waals surface area contributed by atoms with Gasteiger partial charge in [-0.3, -0.25) is 4.98 Å². The van der Waals surface area contributed by atoms with Crippen molar-refractivity contribution in [1.29, 1.82) is 0 Å². The maximum absolute atomic E-state index is 13.2. The SMILES string of the molecule is O=S(=O)(Cl)c1nc(-c2ccncc2F)n[nH]1. The molecule has 0 bridgehead atoms. The molecular formula is C7H4ClFN4O2S. The Morgan fingerprint density at radius 3 is 2.75 bits per heavy atom. The van der Waals surface area contributed by atoms with E-state index in [9.17, 15) is 12.8 Å². The van der Waals surface area contributed by atoms with Crippen LogP contribution in [0.3, 0.4) is 0 Å². The van der Waals surface area contributed by atoms with Gasteiger partial charge in [0.2, 0.25) is 0 Å². The Morgan fingerprint density at radius 2 is 2.19 bits per heavy atom. The number of pyridine rings is 1. The number of hydrogen-bond donors (Lipinski definition) is 1. The molecule has 2 aromatic rings. The third-order valence-electron chi connectivity index (χ3n) is 1.71. The van der Waals surface area contributed by atoms with Gasteiger partial charge in [0.1, 0.15) is 0 Å². The topological polar surface area (TPSA) is 88.6 Å². The Balaban J connectivity index is 2.52. The molecule has 0 amide bonds. The second-order valence-electron chi connectivity index (χ2n) is 2.76. The number of H-pyrrole nitrogens is 1. The first-order chi connectivity index (χ1) is 7.48. The van der Waals surface area contributed by atoms with Gasteiger partial charge in [0, 0.05) is 16.9 Å². The molecule has 0 saturated heterocycles. The second-order valence-corrected chi connectivity index (χ2v) is 5.24. The first-order valence-electron chi connectivity index (χ1n) is 3.95. The van der Waals surface area contributed by atoms with E-state index in [0.29, 0.717) is 0 Å². The lowest BCUT2D eigenvalue weighted by Gasteiger charge is -1.94. The summed E-state index contributed by atoms with van der Waals surface area (Å²) in [5, 5.41) is 5.12. The van der Waals surface area contributed by atoms with Crippen molar-refractivity contribution in [3.63, 3.8) is 0 Å². The van der Waals surface area contributed by atoms with E-state index in [-0.39, 0.29) is 11.4 Å². The minimum absolute atomic E-state index is 0.0396. The number of rotatable bonds is 2. The van der Waals surface area contributed by atoms with Crippen molar-refractivity contribution in [1.82, 2.24) is 20.2 Å². The average Bonchev–Trinajstić information content (AvgIpc) is 2.66. The summed E-state index contributed by atoms with van der Waals surface area (Å²) in [6.45, 7) is 0. The fourth-order valence-corrected chi connectivity index (χ4v) is 1.59. The van der Waals surface area contributed by atoms with Crippen molar-refractivity contribution < 1.29 is 12.8 Å². The van der Waals surface area contributed by atoms with E-state index in [1.165, 1.54) is 12.3 Å². The number of aromatic nitrogens is 4. The van der Waals surface area contributed by atoms with Crippen molar-refractivity contribution in [2.45, 2.75) is 5.16 Å². The molecular weight excluding hydrogens is 259 g/mol. The predicted octanol–water partition coefficient (Wildman–Crippen LogP) is 0.933. The Morgan fingerprint density at radius 1 is 1.44 bits per heavy atom. The van der Waals surface area contributed by atoms with Gasteiger partial charge in [-0.1, -0.05) is 0 Å². The molecule has 2 aromatic heterocycles. The molecule has 0 unspecified atom stereocenters. The lowest BCUT2D eigenvalue weighted by molar-refractivity contribution is 0.601. The highest BCUT2D eigenvalue weighted by Crippen LogP contribution is 2.19. The van der Waals surface area contributed by atoms with Gasteiger partial charge in [-0.2, -0.15) is 10.1 Å². The fraction of sp³-hybridized carbons (Fsp3) is 0. The van der Waals surface area contributed by atoms with Crippen LogP contribution in [-0.4, -0.2) is 28.6 Å². The lowest BCUT2D eigenvalue weighted by Crippen LogP contribution is -1.93.